The molecule has 0 saturated heterocycles. The van der Waals surface area contributed by atoms with E-state index < -0.39 is 0 Å². The molecule has 1 rings (SSSR count). The van der Waals surface area contributed by atoms with E-state index in [0.29, 0.717) is 17.9 Å². The van der Waals surface area contributed by atoms with Gasteiger partial charge in [-0.2, -0.15) is 0 Å². The van der Waals surface area contributed by atoms with Crippen LogP contribution in [0.4, 0.5) is 0 Å². The summed E-state index contributed by atoms with van der Waals surface area (Å²) in [6.07, 6.45) is 0. The lowest BCUT2D eigenvalue weighted by atomic mass is 9.86. The molecule has 0 aromatic heterocycles. The molecule has 0 fully saturated rings. The van der Waals surface area contributed by atoms with Gasteiger partial charge in [0.1, 0.15) is 0 Å². The van der Waals surface area contributed by atoms with E-state index in [1.54, 1.807) is 0 Å². The molecule has 1 aromatic rings. The zero-order chi connectivity index (χ0) is 12.3. The molecule has 90 valence electrons. The summed E-state index contributed by atoms with van der Waals surface area (Å²) in [6, 6.07) is 6.71. The molecule has 0 bridgehead atoms. The Bertz CT molecular complexity index is 347. The van der Waals surface area contributed by atoms with Gasteiger partial charge in [0.2, 0.25) is 0 Å². The van der Waals surface area contributed by atoms with Crippen LogP contribution < -0.4 is 5.32 Å². The van der Waals surface area contributed by atoms with Gasteiger partial charge >= 0.3 is 0 Å². The Hall–Kier alpha value is -0.530. The summed E-state index contributed by atoms with van der Waals surface area (Å²) in [5.74, 6) is 1.24. The summed E-state index contributed by atoms with van der Waals surface area (Å²) in [6.45, 7) is 8.82. The van der Waals surface area contributed by atoms with Gasteiger partial charge < -0.3 is 5.32 Å². The van der Waals surface area contributed by atoms with Crippen LogP contribution >= 0.6 is 11.6 Å². The highest BCUT2D eigenvalue weighted by Gasteiger charge is 2.20. The highest BCUT2D eigenvalue weighted by molar-refractivity contribution is 6.31. The Labute approximate surface area is 104 Å². The first-order chi connectivity index (χ1) is 7.47. The van der Waals surface area contributed by atoms with Crippen molar-refractivity contribution in [1.82, 2.24) is 5.32 Å². The van der Waals surface area contributed by atoms with E-state index in [4.69, 9.17) is 11.6 Å². The molecule has 0 amide bonds. The second-order valence-electron chi connectivity index (χ2n) is 4.88. The minimum absolute atomic E-state index is 0.373. The maximum atomic E-state index is 6.17. The van der Waals surface area contributed by atoms with Gasteiger partial charge in [0.15, 0.2) is 0 Å². The van der Waals surface area contributed by atoms with Gasteiger partial charge in [-0.25, -0.2) is 0 Å². The lowest BCUT2D eigenvalue weighted by Crippen LogP contribution is -2.26. The van der Waals surface area contributed by atoms with Crippen LogP contribution in [-0.4, -0.2) is 7.05 Å². The van der Waals surface area contributed by atoms with E-state index in [1.807, 2.05) is 14.0 Å². The molecule has 2 unspecified atom stereocenters. The molecule has 1 N–H and O–H groups in total. The first-order valence-electron chi connectivity index (χ1n) is 5.90. The summed E-state index contributed by atoms with van der Waals surface area (Å²) >= 11 is 6.17. The molecule has 1 nitrogen and oxygen atoms in total. The van der Waals surface area contributed by atoms with E-state index in [9.17, 15) is 0 Å². The molecule has 2 heteroatoms. The quantitative estimate of drug-likeness (QED) is 0.831. The molecule has 0 saturated carbocycles. The third kappa shape index (κ3) is 2.99. The molecular formula is C14H22ClN. The summed E-state index contributed by atoms with van der Waals surface area (Å²) < 4.78 is 0. The summed E-state index contributed by atoms with van der Waals surface area (Å²) in [5.41, 5.74) is 2.41. The highest BCUT2D eigenvalue weighted by atomic mass is 35.5. The molecule has 0 aliphatic carbocycles. The topological polar surface area (TPSA) is 12.0 Å². The Kier molecular flexibility index (Phi) is 4.82. The van der Waals surface area contributed by atoms with Gasteiger partial charge in [0, 0.05) is 11.1 Å². The van der Waals surface area contributed by atoms with E-state index in [2.05, 4.69) is 44.3 Å². The van der Waals surface area contributed by atoms with E-state index in [0.717, 1.165) is 10.6 Å². The number of nitrogens with one attached hydrogen (secondary N) is 1. The summed E-state index contributed by atoms with van der Waals surface area (Å²) in [7, 11) is 2.01. The van der Waals surface area contributed by atoms with Crippen LogP contribution in [0.25, 0.3) is 0 Å². The maximum Gasteiger partial charge on any atom is 0.0438 e. The van der Waals surface area contributed by atoms with Gasteiger partial charge in [-0.15, -0.1) is 0 Å². The largest absolute Gasteiger partial charge is 0.313 e. The number of hydrogen-bond donors (Lipinski definition) is 1. The fourth-order valence-corrected chi connectivity index (χ4v) is 2.11. The fourth-order valence-electron chi connectivity index (χ4n) is 1.92. The fraction of sp³-hybridized carbons (Fsp3) is 0.571. The maximum absolute atomic E-state index is 6.17. The predicted octanol–water partition coefficient (Wildman–Crippen LogP) is 4.20. The average Bonchev–Trinajstić information content (AvgIpc) is 2.24. The number of halogens is 1. The van der Waals surface area contributed by atoms with Gasteiger partial charge in [-0.3, -0.25) is 0 Å². The normalized spacial score (nSPS) is 15.2. The third-order valence-corrected chi connectivity index (χ3v) is 3.85. The highest BCUT2D eigenvalue weighted by Crippen LogP contribution is 2.29. The molecule has 2 atom stereocenters. The van der Waals surface area contributed by atoms with Crippen molar-refractivity contribution in [3.8, 4) is 0 Å². The van der Waals surface area contributed by atoms with Gasteiger partial charge in [-0.1, -0.05) is 44.5 Å². The van der Waals surface area contributed by atoms with E-state index in [1.165, 1.54) is 5.56 Å². The van der Waals surface area contributed by atoms with Gasteiger partial charge in [0.05, 0.1) is 0 Å². The molecular weight excluding hydrogens is 218 g/mol. The molecule has 0 heterocycles. The lowest BCUT2D eigenvalue weighted by Gasteiger charge is -2.27. The molecule has 0 aliphatic rings. The van der Waals surface area contributed by atoms with Crippen molar-refractivity contribution < 1.29 is 0 Å². The van der Waals surface area contributed by atoms with Crippen LogP contribution in [0.15, 0.2) is 18.2 Å². The standard InChI is InChI=1S/C14H22ClN/c1-9(2)11(4)14(16-5)12-7-6-10(3)13(15)8-12/h6-9,11,14,16H,1-5H3. The van der Waals surface area contributed by atoms with Crippen LogP contribution in [-0.2, 0) is 0 Å². The van der Waals surface area contributed by atoms with Crippen molar-refractivity contribution in [3.63, 3.8) is 0 Å². The Balaban J connectivity index is 2.99. The zero-order valence-corrected chi connectivity index (χ0v) is 11.6. The van der Waals surface area contributed by atoms with E-state index in [-0.39, 0.29) is 0 Å². The molecule has 0 aliphatic heterocycles. The Morgan fingerprint density at radius 3 is 2.25 bits per heavy atom. The van der Waals surface area contributed by atoms with Crippen LogP contribution in [0.2, 0.25) is 5.02 Å². The molecule has 1 aromatic carbocycles. The van der Waals surface area contributed by atoms with Crippen molar-refractivity contribution in [3.05, 3.63) is 34.3 Å². The average molecular weight is 240 g/mol. The first kappa shape index (κ1) is 13.5. The van der Waals surface area contributed by atoms with Crippen molar-refractivity contribution >= 4 is 11.6 Å². The minimum atomic E-state index is 0.373. The van der Waals surface area contributed by atoms with E-state index >= 15 is 0 Å². The molecule has 0 radical (unpaired) electrons. The second-order valence-corrected chi connectivity index (χ2v) is 5.29. The lowest BCUT2D eigenvalue weighted by molar-refractivity contribution is 0.317. The number of benzene rings is 1. The minimum Gasteiger partial charge on any atom is -0.313 e. The summed E-state index contributed by atoms with van der Waals surface area (Å²) in [4.78, 5) is 0. The van der Waals surface area contributed by atoms with Crippen molar-refractivity contribution in [2.45, 2.75) is 33.7 Å². The monoisotopic (exact) mass is 239 g/mol. The zero-order valence-electron chi connectivity index (χ0n) is 10.8. The second kappa shape index (κ2) is 5.70. The van der Waals surface area contributed by atoms with Crippen molar-refractivity contribution in [2.75, 3.05) is 7.05 Å². The Morgan fingerprint density at radius 2 is 1.81 bits per heavy atom. The van der Waals surface area contributed by atoms with Crippen LogP contribution in [0.3, 0.4) is 0 Å². The molecule has 16 heavy (non-hydrogen) atoms. The van der Waals surface area contributed by atoms with Gasteiger partial charge in [-0.05, 0) is 43.0 Å². The number of rotatable bonds is 4. The van der Waals surface area contributed by atoms with Crippen LogP contribution in [0.1, 0.15) is 37.9 Å². The Morgan fingerprint density at radius 1 is 1.19 bits per heavy atom. The van der Waals surface area contributed by atoms with Crippen LogP contribution in [0.5, 0.6) is 0 Å². The number of aryl methyl sites for hydroxylation is 1. The van der Waals surface area contributed by atoms with Crippen molar-refractivity contribution in [1.29, 1.82) is 0 Å². The predicted molar refractivity (Wildman–Crippen MR) is 72.0 cm³/mol. The first-order valence-corrected chi connectivity index (χ1v) is 6.28. The molecule has 0 spiro atoms. The van der Waals surface area contributed by atoms with Crippen molar-refractivity contribution in [2.24, 2.45) is 11.8 Å². The summed E-state index contributed by atoms with van der Waals surface area (Å²) in [5, 5.41) is 4.24. The van der Waals surface area contributed by atoms with Gasteiger partial charge in [0.25, 0.3) is 0 Å². The smallest absolute Gasteiger partial charge is 0.0438 e. The third-order valence-electron chi connectivity index (χ3n) is 3.44. The SMILES string of the molecule is CNC(c1ccc(C)c(Cl)c1)C(C)C(C)C. The van der Waals surface area contributed by atoms with Crippen LogP contribution in [0, 0.1) is 18.8 Å². The number of hydrogen-bond acceptors (Lipinski definition) is 1.